The van der Waals surface area contributed by atoms with E-state index >= 15 is 0 Å². The molecule has 1 aliphatic rings. The molecule has 0 N–H and O–H groups in total. The van der Waals surface area contributed by atoms with E-state index < -0.39 is 5.78 Å². The number of carbonyl (C=O) groups is 2. The second-order valence-corrected chi connectivity index (χ2v) is 3.66. The Kier molecular flexibility index (Phi) is 3.06. The van der Waals surface area contributed by atoms with Gasteiger partial charge in [0, 0.05) is 24.4 Å². The maximum absolute atomic E-state index is 12.0. The average molecular weight is 227 g/mol. The van der Waals surface area contributed by atoms with E-state index in [0.29, 0.717) is 19.3 Å². The van der Waals surface area contributed by atoms with Crippen LogP contribution >= 0.6 is 0 Å². The summed E-state index contributed by atoms with van der Waals surface area (Å²) in [4.78, 5) is 31.4. The largest absolute Gasteiger partial charge is 0.294 e. The van der Waals surface area contributed by atoms with E-state index in [2.05, 4.69) is 9.97 Å². The summed E-state index contributed by atoms with van der Waals surface area (Å²) in [5.74, 6) is -0.775. The highest BCUT2D eigenvalue weighted by Gasteiger charge is 2.27. The monoisotopic (exact) mass is 227 g/mol. The van der Waals surface area contributed by atoms with Crippen LogP contribution in [-0.2, 0) is 4.79 Å². The molecular weight excluding hydrogens is 218 g/mol. The van der Waals surface area contributed by atoms with Gasteiger partial charge in [-0.25, -0.2) is 4.98 Å². The third kappa shape index (κ3) is 2.11. The molecule has 0 unspecified atom stereocenters. The minimum Gasteiger partial charge on any atom is -0.294 e. The molecule has 0 fully saturated rings. The topological polar surface area (TPSA) is 83.7 Å². The molecule has 0 aromatic carbocycles. The van der Waals surface area contributed by atoms with Crippen molar-refractivity contribution in [3.05, 3.63) is 35.4 Å². The van der Waals surface area contributed by atoms with Crippen molar-refractivity contribution in [2.24, 2.45) is 0 Å². The number of allylic oxidation sites excluding steroid dienone is 2. The summed E-state index contributed by atoms with van der Waals surface area (Å²) in [5.41, 5.74) is 0.349. The summed E-state index contributed by atoms with van der Waals surface area (Å²) in [5, 5.41) is 8.93. The highest BCUT2D eigenvalue weighted by molar-refractivity contribution is 6.26. The van der Waals surface area contributed by atoms with Crippen LogP contribution in [0.15, 0.2) is 29.7 Å². The Morgan fingerprint density at radius 3 is 2.82 bits per heavy atom. The molecule has 0 saturated heterocycles. The minimum absolute atomic E-state index is 0.0146. The van der Waals surface area contributed by atoms with Crippen LogP contribution in [0.25, 0.3) is 0 Å². The van der Waals surface area contributed by atoms with Gasteiger partial charge in [0.05, 0.1) is 17.8 Å². The maximum Gasteiger partial charge on any atom is 0.217 e. The van der Waals surface area contributed by atoms with Gasteiger partial charge < -0.3 is 0 Å². The van der Waals surface area contributed by atoms with Crippen molar-refractivity contribution in [3.8, 4) is 6.07 Å². The summed E-state index contributed by atoms with van der Waals surface area (Å²) in [6, 6.07) is 1.92. The zero-order valence-corrected chi connectivity index (χ0v) is 9.01. The van der Waals surface area contributed by atoms with Crippen LogP contribution in [0.4, 0.5) is 0 Å². The van der Waals surface area contributed by atoms with Gasteiger partial charge in [-0.3, -0.25) is 14.6 Å². The number of nitrogens with zero attached hydrogens (tertiary/aromatic N) is 3. The first-order chi connectivity index (χ1) is 8.24. The Bertz CT molecular complexity index is 541. The van der Waals surface area contributed by atoms with Gasteiger partial charge in [-0.15, -0.1) is 0 Å². The predicted octanol–water partition coefficient (Wildman–Crippen LogP) is 1.23. The predicted molar refractivity (Wildman–Crippen MR) is 57.9 cm³/mol. The number of nitriles is 1. The lowest BCUT2D eigenvalue weighted by atomic mass is 9.88. The molecule has 17 heavy (non-hydrogen) atoms. The van der Waals surface area contributed by atoms with Crippen molar-refractivity contribution in [2.75, 3.05) is 0 Å². The summed E-state index contributed by atoms with van der Waals surface area (Å²) < 4.78 is 0. The third-order valence-electron chi connectivity index (χ3n) is 2.57. The lowest BCUT2D eigenvalue weighted by Gasteiger charge is -2.12. The number of Topliss-reactive ketones (excluding diaryl/α,β-unsaturated/α-hetero) is 2. The molecule has 0 aliphatic heterocycles. The molecular formula is C12H9N3O2. The smallest absolute Gasteiger partial charge is 0.217 e. The molecule has 0 atom stereocenters. The first-order valence-corrected chi connectivity index (χ1v) is 5.21. The van der Waals surface area contributed by atoms with E-state index in [9.17, 15) is 9.59 Å². The molecule has 0 spiro atoms. The van der Waals surface area contributed by atoms with Crippen LogP contribution in [0.1, 0.15) is 29.8 Å². The van der Waals surface area contributed by atoms with Gasteiger partial charge in [0.25, 0.3) is 0 Å². The van der Waals surface area contributed by atoms with Crippen LogP contribution in [0.3, 0.4) is 0 Å². The lowest BCUT2D eigenvalue weighted by Crippen LogP contribution is -2.20. The number of hydrogen-bond acceptors (Lipinski definition) is 5. The van der Waals surface area contributed by atoms with Gasteiger partial charge in [-0.2, -0.15) is 5.26 Å². The van der Waals surface area contributed by atoms with Gasteiger partial charge in [0.1, 0.15) is 5.69 Å². The van der Waals surface area contributed by atoms with Crippen molar-refractivity contribution in [2.45, 2.75) is 19.3 Å². The van der Waals surface area contributed by atoms with E-state index in [1.54, 1.807) is 0 Å². The van der Waals surface area contributed by atoms with E-state index in [1.165, 1.54) is 18.6 Å². The molecule has 84 valence electrons. The number of rotatable bonds is 2. The third-order valence-corrected chi connectivity index (χ3v) is 2.57. The highest BCUT2D eigenvalue weighted by atomic mass is 16.1. The summed E-state index contributed by atoms with van der Waals surface area (Å²) in [6.45, 7) is 0. The zero-order chi connectivity index (χ0) is 12.3. The Labute approximate surface area is 97.8 Å². The molecule has 1 heterocycles. The second kappa shape index (κ2) is 4.66. The van der Waals surface area contributed by atoms with E-state index in [4.69, 9.17) is 5.26 Å². The second-order valence-electron chi connectivity index (χ2n) is 3.66. The molecule has 1 aromatic heterocycles. The Morgan fingerprint density at radius 1 is 1.35 bits per heavy atom. The molecule has 2 rings (SSSR count). The van der Waals surface area contributed by atoms with Crippen LogP contribution < -0.4 is 0 Å². The van der Waals surface area contributed by atoms with Gasteiger partial charge in [0.15, 0.2) is 5.78 Å². The van der Waals surface area contributed by atoms with Crippen molar-refractivity contribution < 1.29 is 9.59 Å². The van der Waals surface area contributed by atoms with Crippen LogP contribution in [0.2, 0.25) is 0 Å². The van der Waals surface area contributed by atoms with Crippen LogP contribution in [-0.4, -0.2) is 21.5 Å². The number of ketones is 2. The quantitative estimate of drug-likeness (QED) is 0.560. The molecule has 1 aliphatic carbocycles. The van der Waals surface area contributed by atoms with Gasteiger partial charge >= 0.3 is 0 Å². The maximum atomic E-state index is 12.0. The van der Waals surface area contributed by atoms with Gasteiger partial charge in [-0.1, -0.05) is 0 Å². The fourth-order valence-corrected chi connectivity index (χ4v) is 1.76. The number of aromatic nitrogens is 2. The van der Waals surface area contributed by atoms with Crippen molar-refractivity contribution in [1.29, 1.82) is 5.26 Å². The summed E-state index contributed by atoms with van der Waals surface area (Å²) in [7, 11) is 0. The first kappa shape index (κ1) is 11.1. The Morgan fingerprint density at radius 2 is 2.18 bits per heavy atom. The van der Waals surface area contributed by atoms with Crippen molar-refractivity contribution in [3.63, 3.8) is 0 Å². The number of carbonyl (C=O) groups excluding carboxylic acids is 2. The highest BCUT2D eigenvalue weighted by Crippen LogP contribution is 2.23. The van der Waals surface area contributed by atoms with Gasteiger partial charge in [0.2, 0.25) is 5.78 Å². The minimum atomic E-state index is -0.501. The van der Waals surface area contributed by atoms with Crippen molar-refractivity contribution in [1.82, 2.24) is 9.97 Å². The standard InChI is InChI=1S/C12H9N3O2/c13-6-8-2-1-3-10(16)11(8)12(17)9-7-14-4-5-15-9/h4-5,7H,1-3H2. The van der Waals surface area contributed by atoms with Crippen LogP contribution in [0.5, 0.6) is 0 Å². The molecule has 1 aromatic rings. The summed E-state index contributed by atoms with van der Waals surface area (Å²) >= 11 is 0. The molecule has 0 bridgehead atoms. The van der Waals surface area contributed by atoms with Gasteiger partial charge in [-0.05, 0) is 12.8 Å². The SMILES string of the molecule is N#CC1=C(C(=O)c2cnccn2)C(=O)CCC1. The van der Waals surface area contributed by atoms with E-state index in [0.717, 1.165) is 0 Å². The molecule has 5 heteroatoms. The fraction of sp³-hybridized carbons (Fsp3) is 0.250. The molecule has 0 saturated carbocycles. The molecule has 5 nitrogen and oxygen atoms in total. The number of hydrogen-bond donors (Lipinski definition) is 0. The van der Waals surface area contributed by atoms with Crippen LogP contribution in [0, 0.1) is 11.3 Å². The van der Waals surface area contributed by atoms with E-state index in [1.807, 2.05) is 6.07 Å². The zero-order valence-electron chi connectivity index (χ0n) is 9.01. The Hall–Kier alpha value is -2.35. The fourth-order valence-electron chi connectivity index (χ4n) is 1.76. The normalized spacial score (nSPS) is 15.6. The van der Waals surface area contributed by atoms with Crippen molar-refractivity contribution >= 4 is 11.6 Å². The molecule has 0 amide bonds. The first-order valence-electron chi connectivity index (χ1n) is 5.21. The summed E-state index contributed by atoms with van der Waals surface area (Å²) in [6.07, 6.45) is 5.54. The van der Waals surface area contributed by atoms with E-state index in [-0.39, 0.29) is 22.6 Å². The Balaban J connectivity index is 2.46. The molecule has 0 radical (unpaired) electrons. The lowest BCUT2D eigenvalue weighted by molar-refractivity contribution is -0.115. The average Bonchev–Trinajstić information content (AvgIpc) is 2.38.